The second kappa shape index (κ2) is 4.49. The van der Waals surface area contributed by atoms with Crippen molar-refractivity contribution in [2.75, 3.05) is 26.7 Å². The summed E-state index contributed by atoms with van der Waals surface area (Å²) >= 11 is 0. The van der Waals surface area contributed by atoms with E-state index in [1.165, 1.54) is 6.26 Å². The molecule has 4 nitrogen and oxygen atoms in total. The molecule has 1 fully saturated rings. The molecule has 1 aromatic rings. The lowest BCUT2D eigenvalue weighted by molar-refractivity contribution is 0.0744. The van der Waals surface area contributed by atoms with E-state index in [1.807, 2.05) is 7.05 Å². The topological polar surface area (TPSA) is 45.5 Å². The summed E-state index contributed by atoms with van der Waals surface area (Å²) in [6, 6.07) is 3.43. The van der Waals surface area contributed by atoms with E-state index in [2.05, 4.69) is 5.32 Å². The maximum absolute atomic E-state index is 11.8. The minimum absolute atomic E-state index is 0.0353. The van der Waals surface area contributed by atoms with Crippen molar-refractivity contribution in [1.82, 2.24) is 10.2 Å². The first-order valence-electron chi connectivity index (χ1n) is 5.27. The number of nitrogens with zero attached hydrogens (tertiary/aromatic N) is 1. The summed E-state index contributed by atoms with van der Waals surface area (Å²) in [7, 11) is 1.82. The third-order valence-corrected chi connectivity index (χ3v) is 2.77. The Morgan fingerprint density at radius 3 is 3.20 bits per heavy atom. The van der Waals surface area contributed by atoms with Crippen molar-refractivity contribution in [2.24, 2.45) is 5.92 Å². The second-order valence-corrected chi connectivity index (χ2v) is 4.02. The summed E-state index contributed by atoms with van der Waals surface area (Å²) in [6.45, 7) is 2.87. The molecular weight excluding hydrogens is 192 g/mol. The quantitative estimate of drug-likeness (QED) is 0.804. The van der Waals surface area contributed by atoms with Crippen LogP contribution in [-0.2, 0) is 0 Å². The number of carbonyl (C=O) groups is 1. The molecule has 0 spiro atoms. The number of carbonyl (C=O) groups excluding carboxylic acids is 1. The zero-order valence-electron chi connectivity index (χ0n) is 8.90. The van der Waals surface area contributed by atoms with Gasteiger partial charge in [0, 0.05) is 13.6 Å². The summed E-state index contributed by atoms with van der Waals surface area (Å²) in [5.74, 6) is 0.962. The average Bonchev–Trinajstić information content (AvgIpc) is 2.88. The number of furan rings is 1. The van der Waals surface area contributed by atoms with Crippen LogP contribution in [0.2, 0.25) is 0 Å². The van der Waals surface area contributed by atoms with Gasteiger partial charge in [-0.25, -0.2) is 0 Å². The Morgan fingerprint density at radius 2 is 2.60 bits per heavy atom. The van der Waals surface area contributed by atoms with E-state index in [0.717, 1.165) is 26.1 Å². The molecule has 0 saturated carbocycles. The van der Waals surface area contributed by atoms with Gasteiger partial charge in [0.15, 0.2) is 5.76 Å². The van der Waals surface area contributed by atoms with Crippen molar-refractivity contribution in [1.29, 1.82) is 0 Å². The van der Waals surface area contributed by atoms with Crippen LogP contribution in [0.1, 0.15) is 17.0 Å². The fraction of sp³-hybridized carbons (Fsp3) is 0.545. The molecule has 0 bridgehead atoms. The molecule has 0 aromatic carbocycles. The van der Waals surface area contributed by atoms with Gasteiger partial charge in [-0.2, -0.15) is 0 Å². The van der Waals surface area contributed by atoms with Crippen molar-refractivity contribution in [3.05, 3.63) is 24.2 Å². The normalized spacial score (nSPS) is 20.5. The van der Waals surface area contributed by atoms with E-state index >= 15 is 0 Å². The maximum Gasteiger partial charge on any atom is 0.289 e. The van der Waals surface area contributed by atoms with Crippen molar-refractivity contribution in [3.63, 3.8) is 0 Å². The number of rotatable bonds is 3. The highest BCUT2D eigenvalue weighted by Crippen LogP contribution is 2.11. The molecular formula is C11H16N2O2. The number of hydrogen-bond donors (Lipinski definition) is 1. The molecule has 1 aromatic heterocycles. The molecule has 0 aliphatic carbocycles. The minimum atomic E-state index is -0.0353. The first-order chi connectivity index (χ1) is 7.27. The van der Waals surface area contributed by atoms with Crippen LogP contribution in [0.3, 0.4) is 0 Å². The molecule has 4 heteroatoms. The molecule has 1 unspecified atom stereocenters. The summed E-state index contributed by atoms with van der Waals surface area (Å²) in [5.41, 5.74) is 0. The molecule has 1 aliphatic rings. The Bertz CT molecular complexity index is 315. The van der Waals surface area contributed by atoms with Crippen LogP contribution < -0.4 is 5.32 Å². The van der Waals surface area contributed by atoms with Gasteiger partial charge in [-0.15, -0.1) is 0 Å². The predicted octanol–water partition coefficient (Wildman–Crippen LogP) is 0.961. The number of nitrogens with one attached hydrogen (secondary N) is 1. The third-order valence-electron chi connectivity index (χ3n) is 2.77. The molecule has 2 rings (SSSR count). The molecule has 1 amide bonds. The predicted molar refractivity (Wildman–Crippen MR) is 56.6 cm³/mol. The Morgan fingerprint density at radius 1 is 1.73 bits per heavy atom. The fourth-order valence-corrected chi connectivity index (χ4v) is 1.93. The third kappa shape index (κ3) is 2.39. The van der Waals surface area contributed by atoms with Crippen LogP contribution in [0.25, 0.3) is 0 Å². The van der Waals surface area contributed by atoms with E-state index in [0.29, 0.717) is 11.7 Å². The van der Waals surface area contributed by atoms with Crippen LogP contribution in [0, 0.1) is 5.92 Å². The minimum Gasteiger partial charge on any atom is -0.459 e. The molecule has 0 radical (unpaired) electrons. The number of amides is 1. The smallest absolute Gasteiger partial charge is 0.289 e. The molecule has 2 heterocycles. The van der Waals surface area contributed by atoms with Gasteiger partial charge in [-0.3, -0.25) is 4.79 Å². The second-order valence-electron chi connectivity index (χ2n) is 4.02. The molecule has 1 N–H and O–H groups in total. The van der Waals surface area contributed by atoms with Gasteiger partial charge in [0.1, 0.15) is 0 Å². The summed E-state index contributed by atoms with van der Waals surface area (Å²) in [5, 5.41) is 3.29. The van der Waals surface area contributed by atoms with Crippen LogP contribution in [0.4, 0.5) is 0 Å². The standard InChI is InChI=1S/C11H16N2O2/c1-13(8-9-4-5-12-7-9)11(14)10-3-2-6-15-10/h2-3,6,9,12H,4-5,7-8H2,1H3. The fourth-order valence-electron chi connectivity index (χ4n) is 1.93. The van der Waals surface area contributed by atoms with Crippen LogP contribution in [0.5, 0.6) is 0 Å². The van der Waals surface area contributed by atoms with Gasteiger partial charge in [0.2, 0.25) is 0 Å². The molecule has 82 valence electrons. The zero-order valence-corrected chi connectivity index (χ0v) is 8.90. The van der Waals surface area contributed by atoms with Crippen molar-refractivity contribution < 1.29 is 9.21 Å². The highest BCUT2D eigenvalue weighted by Gasteiger charge is 2.20. The Kier molecular flexibility index (Phi) is 3.06. The highest BCUT2D eigenvalue weighted by atomic mass is 16.3. The van der Waals surface area contributed by atoms with E-state index in [4.69, 9.17) is 4.42 Å². The van der Waals surface area contributed by atoms with Crippen molar-refractivity contribution in [3.8, 4) is 0 Å². The van der Waals surface area contributed by atoms with Gasteiger partial charge in [0.25, 0.3) is 5.91 Å². The van der Waals surface area contributed by atoms with Gasteiger partial charge in [-0.1, -0.05) is 0 Å². The molecule has 1 atom stereocenters. The molecule has 1 aliphatic heterocycles. The summed E-state index contributed by atoms with van der Waals surface area (Å²) in [4.78, 5) is 13.5. The Labute approximate surface area is 89.2 Å². The lowest BCUT2D eigenvalue weighted by Crippen LogP contribution is -2.32. The SMILES string of the molecule is CN(CC1CCNC1)C(=O)c1ccco1. The van der Waals surface area contributed by atoms with Crippen LogP contribution >= 0.6 is 0 Å². The van der Waals surface area contributed by atoms with Crippen molar-refractivity contribution >= 4 is 5.91 Å². The average molecular weight is 208 g/mol. The first kappa shape index (κ1) is 10.2. The van der Waals surface area contributed by atoms with Crippen LogP contribution in [-0.4, -0.2) is 37.5 Å². The lowest BCUT2D eigenvalue weighted by Gasteiger charge is -2.19. The molecule has 15 heavy (non-hydrogen) atoms. The van der Waals surface area contributed by atoms with Gasteiger partial charge in [-0.05, 0) is 37.6 Å². The monoisotopic (exact) mass is 208 g/mol. The first-order valence-corrected chi connectivity index (χ1v) is 5.27. The number of hydrogen-bond acceptors (Lipinski definition) is 3. The maximum atomic E-state index is 11.8. The van der Waals surface area contributed by atoms with E-state index in [9.17, 15) is 4.79 Å². The van der Waals surface area contributed by atoms with Crippen molar-refractivity contribution in [2.45, 2.75) is 6.42 Å². The van der Waals surface area contributed by atoms with Crippen LogP contribution in [0.15, 0.2) is 22.8 Å². The van der Waals surface area contributed by atoms with E-state index in [1.54, 1.807) is 17.0 Å². The molecule has 1 saturated heterocycles. The van der Waals surface area contributed by atoms with E-state index in [-0.39, 0.29) is 5.91 Å². The van der Waals surface area contributed by atoms with Gasteiger partial charge < -0.3 is 14.6 Å². The van der Waals surface area contributed by atoms with E-state index < -0.39 is 0 Å². The lowest BCUT2D eigenvalue weighted by atomic mass is 10.1. The Balaban J connectivity index is 1.90. The largest absolute Gasteiger partial charge is 0.459 e. The summed E-state index contributed by atoms with van der Waals surface area (Å²) in [6.07, 6.45) is 2.67. The van der Waals surface area contributed by atoms with Gasteiger partial charge in [0.05, 0.1) is 6.26 Å². The van der Waals surface area contributed by atoms with Gasteiger partial charge >= 0.3 is 0 Å². The summed E-state index contributed by atoms with van der Waals surface area (Å²) < 4.78 is 5.07. The highest BCUT2D eigenvalue weighted by molar-refractivity contribution is 5.91. The Hall–Kier alpha value is -1.29. The zero-order chi connectivity index (χ0) is 10.7.